The molecule has 0 unspecified atom stereocenters. The first-order valence-corrected chi connectivity index (χ1v) is 5.89. The van der Waals surface area contributed by atoms with Crippen LogP contribution in [0.1, 0.15) is 10.7 Å². The van der Waals surface area contributed by atoms with Gasteiger partial charge in [0.05, 0.1) is 19.8 Å². The van der Waals surface area contributed by atoms with Gasteiger partial charge in [-0.05, 0) is 6.92 Å². The Bertz CT molecular complexity index is 266. The fourth-order valence-corrected chi connectivity index (χ4v) is 1.81. The highest BCUT2D eigenvalue weighted by Gasteiger charge is 1.97. The normalized spacial score (nSPS) is 10.8. The molecule has 0 saturated carbocycles. The van der Waals surface area contributed by atoms with E-state index in [1.807, 2.05) is 6.92 Å². The van der Waals surface area contributed by atoms with E-state index >= 15 is 0 Å². The first kappa shape index (κ1) is 12.6. The lowest BCUT2D eigenvalue weighted by Gasteiger charge is -2.04. The molecule has 0 saturated heterocycles. The quantitative estimate of drug-likeness (QED) is 0.682. The molecule has 1 heterocycles. The molecule has 15 heavy (non-hydrogen) atoms. The molecule has 1 rings (SSSR count). The minimum absolute atomic E-state index is 0.658. The molecule has 5 heteroatoms. The van der Waals surface area contributed by atoms with Gasteiger partial charge in [0.1, 0.15) is 5.01 Å². The highest BCUT2D eigenvalue weighted by Crippen LogP contribution is 2.07. The lowest BCUT2D eigenvalue weighted by atomic mass is 10.5. The number of aryl methyl sites for hydroxylation is 1. The third-order valence-electron chi connectivity index (χ3n) is 1.80. The van der Waals surface area contributed by atoms with E-state index in [-0.39, 0.29) is 0 Å². The second-order valence-electron chi connectivity index (χ2n) is 3.16. The number of hydrogen-bond acceptors (Lipinski definition) is 5. The second kappa shape index (κ2) is 7.76. The van der Waals surface area contributed by atoms with Crippen LogP contribution in [-0.2, 0) is 16.0 Å². The Hall–Kier alpha value is -0.490. The summed E-state index contributed by atoms with van der Waals surface area (Å²) in [5.41, 5.74) is 1.09. The number of methoxy groups -OCH3 is 1. The summed E-state index contributed by atoms with van der Waals surface area (Å²) in [7, 11) is 1.67. The van der Waals surface area contributed by atoms with Gasteiger partial charge in [-0.1, -0.05) is 0 Å². The molecule has 0 fully saturated rings. The summed E-state index contributed by atoms with van der Waals surface area (Å²) in [6.07, 6.45) is 0. The van der Waals surface area contributed by atoms with Gasteiger partial charge in [-0.3, -0.25) is 0 Å². The van der Waals surface area contributed by atoms with Crippen LogP contribution in [0.2, 0.25) is 0 Å². The van der Waals surface area contributed by atoms with Crippen molar-refractivity contribution in [1.29, 1.82) is 0 Å². The monoisotopic (exact) mass is 230 g/mol. The van der Waals surface area contributed by atoms with Crippen molar-refractivity contribution in [2.45, 2.75) is 13.5 Å². The summed E-state index contributed by atoms with van der Waals surface area (Å²) in [6, 6.07) is 0. The maximum atomic E-state index is 5.31. The van der Waals surface area contributed by atoms with Crippen LogP contribution >= 0.6 is 11.3 Å². The number of hydrogen-bond donors (Lipinski definition) is 1. The van der Waals surface area contributed by atoms with Gasteiger partial charge in [-0.15, -0.1) is 11.3 Å². The minimum Gasteiger partial charge on any atom is -0.382 e. The van der Waals surface area contributed by atoms with Crippen LogP contribution in [0.5, 0.6) is 0 Å². The van der Waals surface area contributed by atoms with Crippen molar-refractivity contribution in [3.05, 3.63) is 16.1 Å². The molecule has 0 atom stereocenters. The molecule has 0 aliphatic heterocycles. The average Bonchev–Trinajstić information content (AvgIpc) is 2.63. The van der Waals surface area contributed by atoms with E-state index in [4.69, 9.17) is 9.47 Å². The first-order chi connectivity index (χ1) is 7.33. The zero-order chi connectivity index (χ0) is 10.9. The third kappa shape index (κ3) is 5.84. The minimum atomic E-state index is 0.658. The molecule has 0 radical (unpaired) electrons. The first-order valence-electron chi connectivity index (χ1n) is 5.01. The van der Waals surface area contributed by atoms with E-state index < -0.39 is 0 Å². The molecule has 1 aromatic rings. The van der Waals surface area contributed by atoms with E-state index in [2.05, 4.69) is 15.7 Å². The van der Waals surface area contributed by atoms with Crippen molar-refractivity contribution in [3.8, 4) is 0 Å². The number of ether oxygens (including phenoxy) is 2. The lowest BCUT2D eigenvalue weighted by Crippen LogP contribution is -2.20. The molecule has 0 amide bonds. The Morgan fingerprint density at radius 3 is 2.93 bits per heavy atom. The van der Waals surface area contributed by atoms with Gasteiger partial charge in [0.25, 0.3) is 0 Å². The van der Waals surface area contributed by atoms with E-state index in [1.54, 1.807) is 18.4 Å². The van der Waals surface area contributed by atoms with Gasteiger partial charge >= 0.3 is 0 Å². The SMILES string of the molecule is COCCOCCNCc1nc(C)cs1. The summed E-state index contributed by atoms with van der Waals surface area (Å²) >= 11 is 1.69. The van der Waals surface area contributed by atoms with Gasteiger partial charge in [0.15, 0.2) is 0 Å². The van der Waals surface area contributed by atoms with Gasteiger partial charge in [0.2, 0.25) is 0 Å². The highest BCUT2D eigenvalue weighted by atomic mass is 32.1. The van der Waals surface area contributed by atoms with Gasteiger partial charge < -0.3 is 14.8 Å². The van der Waals surface area contributed by atoms with Crippen molar-refractivity contribution < 1.29 is 9.47 Å². The van der Waals surface area contributed by atoms with Crippen molar-refractivity contribution in [2.24, 2.45) is 0 Å². The van der Waals surface area contributed by atoms with Crippen molar-refractivity contribution in [3.63, 3.8) is 0 Å². The Balaban J connectivity index is 1.93. The molecule has 1 aromatic heterocycles. The third-order valence-corrected chi connectivity index (χ3v) is 2.76. The number of thiazole rings is 1. The summed E-state index contributed by atoms with van der Waals surface area (Å²) in [5, 5.41) is 6.46. The Morgan fingerprint density at radius 2 is 2.27 bits per heavy atom. The van der Waals surface area contributed by atoms with Crippen LogP contribution < -0.4 is 5.32 Å². The summed E-state index contributed by atoms with van der Waals surface area (Å²) in [5.74, 6) is 0. The molecule has 0 aromatic carbocycles. The average molecular weight is 230 g/mol. The van der Waals surface area contributed by atoms with E-state index in [0.29, 0.717) is 19.8 Å². The maximum Gasteiger partial charge on any atom is 0.107 e. The van der Waals surface area contributed by atoms with E-state index in [0.717, 1.165) is 23.8 Å². The van der Waals surface area contributed by atoms with Crippen LogP contribution in [0.3, 0.4) is 0 Å². The Kier molecular flexibility index (Phi) is 6.50. The smallest absolute Gasteiger partial charge is 0.107 e. The largest absolute Gasteiger partial charge is 0.382 e. The van der Waals surface area contributed by atoms with Gasteiger partial charge in [0, 0.05) is 31.3 Å². The summed E-state index contributed by atoms with van der Waals surface area (Å²) in [4.78, 5) is 4.35. The zero-order valence-corrected chi connectivity index (χ0v) is 10.1. The van der Waals surface area contributed by atoms with Crippen LogP contribution in [0.4, 0.5) is 0 Å². The molecule has 0 bridgehead atoms. The summed E-state index contributed by atoms with van der Waals surface area (Å²) in [6.45, 7) is 5.72. The molecule has 4 nitrogen and oxygen atoms in total. The second-order valence-corrected chi connectivity index (χ2v) is 4.11. The fraction of sp³-hybridized carbons (Fsp3) is 0.700. The standard InChI is InChI=1S/C10H18N2O2S/c1-9-8-15-10(12-9)7-11-3-4-14-6-5-13-2/h8,11H,3-7H2,1-2H3. The number of nitrogens with zero attached hydrogens (tertiary/aromatic N) is 1. The van der Waals surface area contributed by atoms with Crippen LogP contribution in [0.25, 0.3) is 0 Å². The van der Waals surface area contributed by atoms with E-state index in [1.165, 1.54) is 0 Å². The van der Waals surface area contributed by atoms with Crippen LogP contribution in [-0.4, -0.2) is 38.5 Å². The van der Waals surface area contributed by atoms with Crippen molar-refractivity contribution in [1.82, 2.24) is 10.3 Å². The number of rotatable bonds is 8. The zero-order valence-electron chi connectivity index (χ0n) is 9.28. The number of aromatic nitrogens is 1. The molecule has 0 aliphatic carbocycles. The van der Waals surface area contributed by atoms with Crippen LogP contribution in [0.15, 0.2) is 5.38 Å². The fourth-order valence-electron chi connectivity index (χ4n) is 1.07. The molecular formula is C10H18N2O2S. The Labute approximate surface area is 94.6 Å². The lowest BCUT2D eigenvalue weighted by molar-refractivity contribution is 0.0719. The van der Waals surface area contributed by atoms with Crippen molar-refractivity contribution in [2.75, 3.05) is 33.5 Å². The molecule has 1 N–H and O–H groups in total. The topological polar surface area (TPSA) is 43.4 Å². The molecule has 86 valence electrons. The molecule has 0 aliphatic rings. The predicted octanol–water partition coefficient (Wildman–Crippen LogP) is 1.20. The van der Waals surface area contributed by atoms with Crippen LogP contribution in [0, 0.1) is 6.92 Å². The van der Waals surface area contributed by atoms with E-state index in [9.17, 15) is 0 Å². The molecular weight excluding hydrogens is 212 g/mol. The summed E-state index contributed by atoms with van der Waals surface area (Å²) < 4.78 is 10.2. The van der Waals surface area contributed by atoms with Gasteiger partial charge in [-0.2, -0.15) is 0 Å². The number of nitrogens with one attached hydrogen (secondary N) is 1. The highest BCUT2D eigenvalue weighted by molar-refractivity contribution is 7.09. The predicted molar refractivity (Wildman–Crippen MR) is 61.3 cm³/mol. The Morgan fingerprint density at radius 1 is 1.40 bits per heavy atom. The van der Waals surface area contributed by atoms with Crippen molar-refractivity contribution >= 4 is 11.3 Å². The molecule has 0 spiro atoms. The van der Waals surface area contributed by atoms with Gasteiger partial charge in [-0.25, -0.2) is 4.98 Å². The maximum absolute atomic E-state index is 5.31.